The number of nitrogens with zero attached hydrogens (tertiary/aromatic N) is 2. The number of carbonyl (C=O) groups is 2. The zero-order chi connectivity index (χ0) is 37.3. The maximum absolute atomic E-state index is 14.3. The van der Waals surface area contributed by atoms with Crippen molar-refractivity contribution in [2.24, 2.45) is 0 Å². The van der Waals surface area contributed by atoms with E-state index in [9.17, 15) is 14.0 Å². The van der Waals surface area contributed by atoms with Crippen molar-refractivity contribution in [2.75, 3.05) is 45.3 Å². The number of esters is 1. The molecule has 2 atom stereocenters. The molecule has 4 aromatic carbocycles. The van der Waals surface area contributed by atoms with Gasteiger partial charge in [0, 0.05) is 45.8 Å². The molecule has 53 heavy (non-hydrogen) atoms. The molecule has 0 aromatic heterocycles. The van der Waals surface area contributed by atoms with Gasteiger partial charge in [0.2, 0.25) is 0 Å². The molecular formula is C44H57ClFN3O4. The van der Waals surface area contributed by atoms with Crippen molar-refractivity contribution in [3.05, 3.63) is 138 Å². The third kappa shape index (κ3) is 12.0. The summed E-state index contributed by atoms with van der Waals surface area (Å²) in [6.07, 6.45) is 4.04. The molecule has 4 aromatic rings. The SMILES string of the molecule is CCC(OC(C)=O)C(CC(C)NC)(c1ccccc1)c1ccccc1.COCC(=O)N(c1ccccc1F)C1CCN(CCc2ccccc2)CC1.Cl. The first-order chi connectivity index (χ1) is 25.2. The van der Waals surface area contributed by atoms with Crippen LogP contribution in [-0.4, -0.2) is 75.4 Å². The number of hydrogen-bond acceptors (Lipinski definition) is 6. The monoisotopic (exact) mass is 745 g/mol. The van der Waals surface area contributed by atoms with Crippen LogP contribution < -0.4 is 10.2 Å². The third-order valence-corrected chi connectivity index (χ3v) is 10.1. The lowest BCUT2D eigenvalue weighted by Gasteiger charge is -2.42. The van der Waals surface area contributed by atoms with Crippen molar-refractivity contribution in [3.8, 4) is 0 Å². The minimum atomic E-state index is -0.397. The first-order valence-electron chi connectivity index (χ1n) is 18.5. The van der Waals surface area contributed by atoms with E-state index in [1.165, 1.54) is 36.8 Å². The number of para-hydroxylation sites is 1. The molecule has 1 saturated heterocycles. The fourth-order valence-electron chi connectivity index (χ4n) is 7.40. The lowest BCUT2D eigenvalue weighted by molar-refractivity contribution is -0.150. The molecular weight excluding hydrogens is 689 g/mol. The van der Waals surface area contributed by atoms with E-state index in [2.05, 4.69) is 96.9 Å². The van der Waals surface area contributed by atoms with E-state index in [4.69, 9.17) is 9.47 Å². The van der Waals surface area contributed by atoms with Crippen molar-refractivity contribution in [2.45, 2.75) is 76.5 Å². The Balaban J connectivity index is 0.000000281. The van der Waals surface area contributed by atoms with Gasteiger partial charge in [-0.05, 0) is 74.9 Å². The first-order valence-corrected chi connectivity index (χ1v) is 18.5. The standard InChI is InChI=1S/C22H27FN2O2.C22H29NO2.ClH/c1-27-17-22(26)25(21-10-6-5-9-20(21)23)19-12-15-24(16-13-19)14-11-18-7-3-2-4-8-18;1-5-21(25-18(3)24)22(16-17(2)23-4,19-12-8-6-9-13-19)20-14-10-7-11-15-20;/h2-10,19H,11-17H2,1H3;6-15,17,21,23H,5,16H2,1-4H3;1H. The summed E-state index contributed by atoms with van der Waals surface area (Å²) in [5.41, 5.74) is 3.64. The molecule has 0 aliphatic carbocycles. The smallest absolute Gasteiger partial charge is 0.302 e. The van der Waals surface area contributed by atoms with Crippen LogP contribution in [0.15, 0.2) is 115 Å². The van der Waals surface area contributed by atoms with E-state index in [1.807, 2.05) is 25.2 Å². The second kappa shape index (κ2) is 22.2. The lowest BCUT2D eigenvalue weighted by atomic mass is 9.66. The van der Waals surface area contributed by atoms with Gasteiger partial charge in [-0.2, -0.15) is 0 Å². The van der Waals surface area contributed by atoms with E-state index in [-0.39, 0.29) is 54.9 Å². The number of piperidine rings is 1. The minimum absolute atomic E-state index is 0. The molecule has 1 aliphatic heterocycles. The van der Waals surface area contributed by atoms with Crippen LogP contribution in [0.3, 0.4) is 0 Å². The quantitative estimate of drug-likeness (QED) is 0.124. The largest absolute Gasteiger partial charge is 0.461 e. The fourth-order valence-corrected chi connectivity index (χ4v) is 7.40. The number of likely N-dealkylation sites (tertiary alicyclic amines) is 1. The number of hydrogen-bond donors (Lipinski definition) is 1. The molecule has 0 spiro atoms. The Morgan fingerprint density at radius 1 is 0.887 bits per heavy atom. The molecule has 1 fully saturated rings. The van der Waals surface area contributed by atoms with Crippen LogP contribution in [-0.2, 0) is 30.9 Å². The number of nitrogens with one attached hydrogen (secondary N) is 1. The number of carbonyl (C=O) groups excluding carboxylic acids is 2. The van der Waals surface area contributed by atoms with Crippen LogP contribution in [0.2, 0.25) is 0 Å². The normalized spacial score (nSPS) is 14.5. The lowest BCUT2D eigenvalue weighted by Crippen LogP contribution is -2.49. The zero-order valence-corrected chi connectivity index (χ0v) is 32.7. The molecule has 1 aliphatic rings. The summed E-state index contributed by atoms with van der Waals surface area (Å²) in [4.78, 5) is 28.5. The van der Waals surface area contributed by atoms with Crippen LogP contribution in [0.1, 0.15) is 63.1 Å². The average Bonchev–Trinajstić information content (AvgIpc) is 3.18. The fraction of sp³-hybridized carbons (Fsp3) is 0.409. The predicted molar refractivity (Wildman–Crippen MR) is 215 cm³/mol. The van der Waals surface area contributed by atoms with Gasteiger partial charge in [0.1, 0.15) is 18.5 Å². The Hall–Kier alpha value is -4.08. The molecule has 0 saturated carbocycles. The number of rotatable bonds is 15. The Labute approximate surface area is 322 Å². The number of ether oxygens (including phenoxy) is 2. The van der Waals surface area contributed by atoms with Crippen LogP contribution in [0.25, 0.3) is 0 Å². The summed E-state index contributed by atoms with van der Waals surface area (Å²) in [5.74, 6) is -0.793. The highest BCUT2D eigenvalue weighted by Gasteiger charge is 2.44. The van der Waals surface area contributed by atoms with E-state index >= 15 is 0 Å². The van der Waals surface area contributed by atoms with Gasteiger partial charge in [-0.15, -0.1) is 12.4 Å². The van der Waals surface area contributed by atoms with E-state index < -0.39 is 5.41 Å². The summed E-state index contributed by atoms with van der Waals surface area (Å²) in [6.45, 7) is 8.51. The first kappa shape index (κ1) is 43.3. The topological polar surface area (TPSA) is 71.1 Å². The number of amides is 1. The Kier molecular flexibility index (Phi) is 18.2. The van der Waals surface area contributed by atoms with E-state index in [1.54, 1.807) is 23.1 Å². The molecule has 1 heterocycles. The third-order valence-electron chi connectivity index (χ3n) is 10.1. The minimum Gasteiger partial charge on any atom is -0.461 e. The highest BCUT2D eigenvalue weighted by molar-refractivity contribution is 5.95. The summed E-state index contributed by atoms with van der Waals surface area (Å²) >= 11 is 0. The molecule has 1 N–H and O–H groups in total. The summed E-state index contributed by atoms with van der Waals surface area (Å²) in [5, 5.41) is 3.35. The summed E-state index contributed by atoms with van der Waals surface area (Å²) in [7, 11) is 3.46. The van der Waals surface area contributed by atoms with E-state index in [0.29, 0.717) is 5.69 Å². The number of benzene rings is 4. The van der Waals surface area contributed by atoms with Gasteiger partial charge in [0.05, 0.1) is 11.1 Å². The number of methoxy groups -OCH3 is 1. The number of halogens is 2. The van der Waals surface area contributed by atoms with Gasteiger partial charge < -0.3 is 24.6 Å². The Morgan fingerprint density at radius 2 is 1.42 bits per heavy atom. The number of anilines is 1. The molecule has 0 bridgehead atoms. The van der Waals surface area contributed by atoms with Gasteiger partial charge in [-0.1, -0.05) is 110 Å². The van der Waals surface area contributed by atoms with Gasteiger partial charge in [0.15, 0.2) is 0 Å². The second-order valence-electron chi connectivity index (χ2n) is 13.6. The van der Waals surface area contributed by atoms with E-state index in [0.717, 1.165) is 51.7 Å². The summed E-state index contributed by atoms with van der Waals surface area (Å²) in [6, 6.07) is 38.0. The van der Waals surface area contributed by atoms with Crippen LogP contribution >= 0.6 is 12.4 Å². The van der Waals surface area contributed by atoms with Gasteiger partial charge in [-0.25, -0.2) is 4.39 Å². The van der Waals surface area contributed by atoms with Gasteiger partial charge in [0.25, 0.3) is 5.91 Å². The van der Waals surface area contributed by atoms with Crippen LogP contribution in [0.4, 0.5) is 10.1 Å². The maximum Gasteiger partial charge on any atom is 0.302 e. The van der Waals surface area contributed by atoms with Crippen molar-refractivity contribution < 1.29 is 23.5 Å². The van der Waals surface area contributed by atoms with Crippen LogP contribution in [0.5, 0.6) is 0 Å². The second-order valence-corrected chi connectivity index (χ2v) is 13.6. The molecule has 1 amide bonds. The Bertz CT molecular complexity index is 1600. The predicted octanol–water partition coefficient (Wildman–Crippen LogP) is 8.25. The molecule has 5 rings (SSSR count). The molecule has 7 nitrogen and oxygen atoms in total. The molecule has 2 unspecified atom stereocenters. The van der Waals surface area contributed by atoms with Crippen molar-refractivity contribution in [3.63, 3.8) is 0 Å². The maximum atomic E-state index is 14.3. The molecule has 286 valence electrons. The highest BCUT2D eigenvalue weighted by Crippen LogP contribution is 2.42. The summed E-state index contributed by atoms with van der Waals surface area (Å²) < 4.78 is 25.2. The van der Waals surface area contributed by atoms with Crippen molar-refractivity contribution in [1.29, 1.82) is 0 Å². The highest BCUT2D eigenvalue weighted by atomic mass is 35.5. The van der Waals surface area contributed by atoms with Crippen molar-refractivity contribution >= 4 is 30.0 Å². The Morgan fingerprint density at radius 3 is 1.91 bits per heavy atom. The van der Waals surface area contributed by atoms with Gasteiger partial charge in [-0.3, -0.25) is 9.59 Å². The molecule has 9 heteroatoms. The zero-order valence-electron chi connectivity index (χ0n) is 31.9. The van der Waals surface area contributed by atoms with Crippen molar-refractivity contribution in [1.82, 2.24) is 10.2 Å². The average molecular weight is 746 g/mol. The molecule has 0 radical (unpaired) electrons. The van der Waals surface area contributed by atoms with Crippen LogP contribution in [0, 0.1) is 5.82 Å². The van der Waals surface area contributed by atoms with Gasteiger partial charge >= 0.3 is 5.97 Å².